The van der Waals surface area contributed by atoms with E-state index in [0.717, 1.165) is 0 Å². The van der Waals surface area contributed by atoms with Crippen molar-refractivity contribution in [2.24, 2.45) is 5.73 Å². The molecule has 5 nitrogen and oxygen atoms in total. The van der Waals surface area contributed by atoms with Crippen molar-refractivity contribution in [1.82, 2.24) is 4.98 Å². The van der Waals surface area contributed by atoms with Crippen LogP contribution in [-0.2, 0) is 4.79 Å². The third-order valence-corrected chi connectivity index (χ3v) is 2.13. The van der Waals surface area contributed by atoms with Crippen LogP contribution in [-0.4, -0.2) is 23.0 Å². The number of nitrogens with one attached hydrogen (secondary N) is 1. The summed E-state index contributed by atoms with van der Waals surface area (Å²) in [4.78, 5) is 15.9. The summed E-state index contributed by atoms with van der Waals surface area (Å²) in [5, 5.41) is 2.70. The Hall–Kier alpha value is -1.88. The second-order valence-electron chi connectivity index (χ2n) is 4.14. The largest absolute Gasteiger partial charge is 0.473 e. The van der Waals surface area contributed by atoms with Gasteiger partial charge in [0, 0.05) is 6.20 Å². The van der Waals surface area contributed by atoms with E-state index in [2.05, 4.69) is 16.9 Å². The highest BCUT2D eigenvalue weighted by Gasteiger charge is 2.15. The summed E-state index contributed by atoms with van der Waals surface area (Å²) in [6.07, 6.45) is 3.63. The van der Waals surface area contributed by atoms with Crippen molar-refractivity contribution in [2.45, 2.75) is 32.4 Å². The smallest absolute Gasteiger partial charge is 0.241 e. The van der Waals surface area contributed by atoms with Crippen LogP contribution in [0.4, 0.5) is 5.69 Å². The number of hydrogen-bond donors (Lipinski definition) is 2. The summed E-state index contributed by atoms with van der Waals surface area (Å²) in [5.41, 5.74) is 6.21. The average molecular weight is 249 g/mol. The van der Waals surface area contributed by atoms with E-state index in [1.807, 2.05) is 13.8 Å². The molecule has 1 aromatic heterocycles. The maximum Gasteiger partial charge on any atom is 0.241 e. The van der Waals surface area contributed by atoms with E-state index in [4.69, 9.17) is 10.5 Å². The Labute approximate surface area is 107 Å². The van der Waals surface area contributed by atoms with Crippen LogP contribution in [0, 0.1) is 0 Å². The van der Waals surface area contributed by atoms with Gasteiger partial charge in [-0.05, 0) is 32.4 Å². The van der Waals surface area contributed by atoms with Gasteiger partial charge in [-0.25, -0.2) is 4.98 Å². The number of rotatable bonds is 6. The van der Waals surface area contributed by atoms with Crippen LogP contribution in [0.1, 0.15) is 20.3 Å². The SMILES string of the molecule is C=CCC(N)C(=O)Nc1cccnc1OC(C)C. The van der Waals surface area contributed by atoms with Crippen LogP contribution in [0.2, 0.25) is 0 Å². The molecule has 1 aromatic rings. The first-order valence-electron chi connectivity index (χ1n) is 5.83. The fourth-order valence-corrected chi connectivity index (χ4v) is 1.32. The molecule has 0 saturated heterocycles. The molecule has 0 fully saturated rings. The summed E-state index contributed by atoms with van der Waals surface area (Å²) in [7, 11) is 0. The Morgan fingerprint density at radius 2 is 2.39 bits per heavy atom. The Balaban J connectivity index is 2.77. The zero-order valence-electron chi connectivity index (χ0n) is 10.7. The maximum atomic E-state index is 11.8. The molecule has 3 N–H and O–H groups in total. The standard InChI is InChI=1S/C13H19N3O2/c1-4-6-10(14)12(17)16-11-7-5-8-15-13(11)18-9(2)3/h4-5,7-10H,1,6,14H2,2-3H3,(H,16,17). The van der Waals surface area contributed by atoms with Gasteiger partial charge in [-0.3, -0.25) is 4.79 Å². The van der Waals surface area contributed by atoms with Crippen molar-refractivity contribution in [3.05, 3.63) is 31.0 Å². The molecule has 1 atom stereocenters. The van der Waals surface area contributed by atoms with Crippen LogP contribution in [0.3, 0.4) is 0 Å². The molecule has 0 bridgehead atoms. The predicted molar refractivity (Wildman–Crippen MR) is 71.4 cm³/mol. The molecular formula is C13H19N3O2. The van der Waals surface area contributed by atoms with Crippen LogP contribution >= 0.6 is 0 Å². The number of amides is 1. The van der Waals surface area contributed by atoms with Gasteiger partial charge in [0.1, 0.15) is 5.69 Å². The predicted octanol–water partition coefficient (Wildman–Crippen LogP) is 1.71. The van der Waals surface area contributed by atoms with Crippen molar-refractivity contribution >= 4 is 11.6 Å². The summed E-state index contributed by atoms with van der Waals surface area (Å²) in [6, 6.07) is 2.83. The van der Waals surface area contributed by atoms with E-state index in [9.17, 15) is 4.79 Å². The zero-order valence-corrected chi connectivity index (χ0v) is 10.7. The van der Waals surface area contributed by atoms with Crippen LogP contribution in [0.25, 0.3) is 0 Å². The first kappa shape index (κ1) is 14.2. The highest BCUT2D eigenvalue weighted by atomic mass is 16.5. The van der Waals surface area contributed by atoms with Gasteiger partial charge in [0.05, 0.1) is 12.1 Å². The molecule has 1 heterocycles. The molecular weight excluding hydrogens is 230 g/mol. The fourth-order valence-electron chi connectivity index (χ4n) is 1.32. The van der Waals surface area contributed by atoms with Gasteiger partial charge in [-0.1, -0.05) is 6.08 Å². The molecule has 1 unspecified atom stereocenters. The van der Waals surface area contributed by atoms with Gasteiger partial charge in [-0.15, -0.1) is 6.58 Å². The Morgan fingerprint density at radius 3 is 3.00 bits per heavy atom. The van der Waals surface area contributed by atoms with Gasteiger partial charge < -0.3 is 15.8 Å². The molecule has 1 amide bonds. The van der Waals surface area contributed by atoms with Crippen LogP contribution in [0.5, 0.6) is 5.88 Å². The highest BCUT2D eigenvalue weighted by molar-refractivity contribution is 5.95. The molecule has 5 heteroatoms. The van der Waals surface area contributed by atoms with Gasteiger partial charge in [0.2, 0.25) is 11.8 Å². The van der Waals surface area contributed by atoms with Crippen LogP contribution < -0.4 is 15.8 Å². The Morgan fingerprint density at radius 1 is 1.67 bits per heavy atom. The number of anilines is 1. The van der Waals surface area contributed by atoms with Crippen LogP contribution in [0.15, 0.2) is 31.0 Å². The minimum absolute atomic E-state index is 0.0163. The first-order valence-corrected chi connectivity index (χ1v) is 5.83. The van der Waals surface area contributed by atoms with Gasteiger partial charge in [-0.2, -0.15) is 0 Å². The highest BCUT2D eigenvalue weighted by Crippen LogP contribution is 2.21. The van der Waals surface area contributed by atoms with E-state index in [1.54, 1.807) is 24.4 Å². The number of pyridine rings is 1. The molecule has 0 saturated carbocycles. The third kappa shape index (κ3) is 4.18. The minimum Gasteiger partial charge on any atom is -0.473 e. The number of carbonyl (C=O) groups excluding carboxylic acids is 1. The topological polar surface area (TPSA) is 77.2 Å². The first-order chi connectivity index (χ1) is 8.54. The second-order valence-corrected chi connectivity index (χ2v) is 4.14. The molecule has 0 aliphatic carbocycles. The third-order valence-electron chi connectivity index (χ3n) is 2.13. The van der Waals surface area contributed by atoms with Crippen molar-refractivity contribution in [3.63, 3.8) is 0 Å². The quantitative estimate of drug-likeness (QED) is 0.752. The Kier molecular flexibility index (Phi) is 5.32. The second kappa shape index (κ2) is 6.76. The number of nitrogens with zero attached hydrogens (tertiary/aromatic N) is 1. The van der Waals surface area contributed by atoms with E-state index < -0.39 is 6.04 Å². The normalized spacial score (nSPS) is 12.0. The van der Waals surface area contributed by atoms with Crippen molar-refractivity contribution in [3.8, 4) is 5.88 Å². The number of ether oxygens (including phenoxy) is 1. The monoisotopic (exact) mass is 249 g/mol. The average Bonchev–Trinajstić information content (AvgIpc) is 2.31. The van der Waals surface area contributed by atoms with Gasteiger partial charge in [0.25, 0.3) is 0 Å². The van der Waals surface area contributed by atoms with E-state index in [1.165, 1.54) is 0 Å². The van der Waals surface area contributed by atoms with Crippen molar-refractivity contribution < 1.29 is 9.53 Å². The van der Waals surface area contributed by atoms with E-state index in [-0.39, 0.29) is 12.0 Å². The van der Waals surface area contributed by atoms with Crippen molar-refractivity contribution in [2.75, 3.05) is 5.32 Å². The minimum atomic E-state index is -0.616. The summed E-state index contributed by atoms with van der Waals surface area (Å²) in [5.74, 6) is 0.114. The lowest BCUT2D eigenvalue weighted by atomic mass is 10.2. The van der Waals surface area contributed by atoms with Gasteiger partial charge in [0.15, 0.2) is 0 Å². The molecule has 0 aromatic carbocycles. The van der Waals surface area contributed by atoms with Crippen molar-refractivity contribution in [1.29, 1.82) is 0 Å². The molecule has 18 heavy (non-hydrogen) atoms. The number of carbonyl (C=O) groups is 1. The molecule has 1 rings (SSSR count). The summed E-state index contributed by atoms with van der Waals surface area (Å²) >= 11 is 0. The summed E-state index contributed by atoms with van der Waals surface area (Å²) in [6.45, 7) is 7.34. The molecule has 0 spiro atoms. The number of nitrogens with two attached hydrogens (primary N) is 1. The summed E-state index contributed by atoms with van der Waals surface area (Å²) < 4.78 is 5.50. The Bertz CT molecular complexity index is 418. The fraction of sp³-hybridized carbons (Fsp3) is 0.385. The van der Waals surface area contributed by atoms with E-state index in [0.29, 0.717) is 18.0 Å². The lowest BCUT2D eigenvalue weighted by Gasteiger charge is -2.15. The lowest BCUT2D eigenvalue weighted by Crippen LogP contribution is -2.35. The van der Waals surface area contributed by atoms with Gasteiger partial charge >= 0.3 is 0 Å². The number of hydrogen-bond acceptors (Lipinski definition) is 4. The van der Waals surface area contributed by atoms with E-state index >= 15 is 0 Å². The number of aromatic nitrogens is 1. The lowest BCUT2D eigenvalue weighted by molar-refractivity contribution is -0.117. The molecule has 0 radical (unpaired) electrons. The molecule has 0 aliphatic heterocycles. The molecule has 0 aliphatic rings. The zero-order chi connectivity index (χ0) is 13.5. The maximum absolute atomic E-state index is 11.8. The molecule has 98 valence electrons.